The zero-order chi connectivity index (χ0) is 13.3. The highest BCUT2D eigenvalue weighted by atomic mass is 14.9. The topological polar surface area (TPSA) is 12.0 Å². The second-order valence-electron chi connectivity index (χ2n) is 7.05. The van der Waals surface area contributed by atoms with Crippen LogP contribution in [0.15, 0.2) is 0 Å². The molecular formula is C18H35N. The zero-order valence-electron chi connectivity index (χ0n) is 13.1. The van der Waals surface area contributed by atoms with Gasteiger partial charge in [0.25, 0.3) is 0 Å². The SMILES string of the molecule is CCCNC(CC1CCCCC1)C1CCCCCC1. The van der Waals surface area contributed by atoms with E-state index in [-0.39, 0.29) is 0 Å². The van der Waals surface area contributed by atoms with Gasteiger partial charge in [-0.25, -0.2) is 0 Å². The molecule has 0 radical (unpaired) electrons. The molecule has 0 saturated heterocycles. The van der Waals surface area contributed by atoms with Crippen molar-refractivity contribution >= 4 is 0 Å². The Morgan fingerprint density at radius 3 is 2.05 bits per heavy atom. The van der Waals surface area contributed by atoms with E-state index in [9.17, 15) is 0 Å². The summed E-state index contributed by atoms with van der Waals surface area (Å²) in [4.78, 5) is 0. The van der Waals surface area contributed by atoms with Gasteiger partial charge in [0.15, 0.2) is 0 Å². The second kappa shape index (κ2) is 9.00. The van der Waals surface area contributed by atoms with Crippen molar-refractivity contribution in [2.24, 2.45) is 11.8 Å². The summed E-state index contributed by atoms with van der Waals surface area (Å²) in [6.45, 7) is 3.53. The Labute approximate surface area is 120 Å². The van der Waals surface area contributed by atoms with Gasteiger partial charge in [-0.2, -0.15) is 0 Å². The molecule has 0 aromatic carbocycles. The van der Waals surface area contributed by atoms with Crippen molar-refractivity contribution in [3.63, 3.8) is 0 Å². The molecule has 2 aliphatic carbocycles. The van der Waals surface area contributed by atoms with Crippen molar-refractivity contribution < 1.29 is 0 Å². The molecule has 2 rings (SSSR count). The number of rotatable bonds is 6. The first-order chi connectivity index (χ1) is 9.40. The summed E-state index contributed by atoms with van der Waals surface area (Å²) < 4.78 is 0. The highest BCUT2D eigenvalue weighted by Gasteiger charge is 2.25. The Morgan fingerprint density at radius 1 is 0.842 bits per heavy atom. The zero-order valence-corrected chi connectivity index (χ0v) is 13.1. The number of hydrogen-bond donors (Lipinski definition) is 1. The van der Waals surface area contributed by atoms with Crippen LogP contribution >= 0.6 is 0 Å². The minimum atomic E-state index is 0.834. The van der Waals surface area contributed by atoms with E-state index < -0.39 is 0 Å². The van der Waals surface area contributed by atoms with E-state index in [4.69, 9.17) is 0 Å². The lowest BCUT2D eigenvalue weighted by Crippen LogP contribution is -2.38. The third-order valence-corrected chi connectivity index (χ3v) is 5.44. The summed E-state index contributed by atoms with van der Waals surface area (Å²) in [6.07, 6.45) is 19.2. The Kier molecular flexibility index (Phi) is 7.27. The molecule has 0 aromatic heterocycles. The minimum Gasteiger partial charge on any atom is -0.314 e. The molecule has 1 nitrogen and oxygen atoms in total. The predicted octanol–water partition coefficient (Wildman–Crippen LogP) is 5.30. The monoisotopic (exact) mass is 265 g/mol. The van der Waals surface area contributed by atoms with Gasteiger partial charge in [0, 0.05) is 6.04 Å². The number of hydrogen-bond acceptors (Lipinski definition) is 1. The Hall–Kier alpha value is -0.0400. The highest BCUT2D eigenvalue weighted by molar-refractivity contribution is 4.82. The summed E-state index contributed by atoms with van der Waals surface area (Å²) in [5.41, 5.74) is 0. The predicted molar refractivity (Wildman–Crippen MR) is 84.5 cm³/mol. The van der Waals surface area contributed by atoms with Crippen LogP contribution < -0.4 is 5.32 Å². The van der Waals surface area contributed by atoms with Crippen molar-refractivity contribution in [3.05, 3.63) is 0 Å². The summed E-state index contributed by atoms with van der Waals surface area (Å²) in [5.74, 6) is 2.02. The van der Waals surface area contributed by atoms with E-state index in [1.54, 1.807) is 0 Å². The van der Waals surface area contributed by atoms with Crippen molar-refractivity contribution in [2.75, 3.05) is 6.54 Å². The highest BCUT2D eigenvalue weighted by Crippen LogP contribution is 2.33. The maximum absolute atomic E-state index is 3.91. The van der Waals surface area contributed by atoms with E-state index in [0.717, 1.165) is 17.9 Å². The van der Waals surface area contributed by atoms with Crippen LogP contribution in [0.3, 0.4) is 0 Å². The molecule has 0 spiro atoms. The van der Waals surface area contributed by atoms with Crippen molar-refractivity contribution in [2.45, 2.75) is 96.4 Å². The molecule has 0 bridgehead atoms. The van der Waals surface area contributed by atoms with Crippen molar-refractivity contribution in [3.8, 4) is 0 Å². The Balaban J connectivity index is 1.85. The van der Waals surface area contributed by atoms with Crippen LogP contribution in [0.2, 0.25) is 0 Å². The molecular weight excluding hydrogens is 230 g/mol. The molecule has 1 unspecified atom stereocenters. The fourth-order valence-electron chi connectivity index (χ4n) is 4.27. The summed E-state index contributed by atoms with van der Waals surface area (Å²) in [6, 6.07) is 0.834. The fourth-order valence-corrected chi connectivity index (χ4v) is 4.27. The third-order valence-electron chi connectivity index (χ3n) is 5.44. The lowest BCUT2D eigenvalue weighted by Gasteiger charge is -2.32. The lowest BCUT2D eigenvalue weighted by atomic mass is 9.80. The standard InChI is InChI=1S/C18H35N/c1-2-14-19-18(15-16-10-6-5-7-11-16)17-12-8-3-4-9-13-17/h16-19H,2-15H2,1H3. The van der Waals surface area contributed by atoms with Gasteiger partial charge in [0.1, 0.15) is 0 Å². The van der Waals surface area contributed by atoms with Gasteiger partial charge in [-0.05, 0) is 44.1 Å². The molecule has 1 heteroatoms. The summed E-state index contributed by atoms with van der Waals surface area (Å²) in [7, 11) is 0. The van der Waals surface area contributed by atoms with Crippen LogP contribution in [0.5, 0.6) is 0 Å². The lowest BCUT2D eigenvalue weighted by molar-refractivity contribution is 0.235. The molecule has 0 heterocycles. The molecule has 1 N–H and O–H groups in total. The van der Waals surface area contributed by atoms with Crippen LogP contribution in [-0.2, 0) is 0 Å². The van der Waals surface area contributed by atoms with Crippen molar-refractivity contribution in [1.29, 1.82) is 0 Å². The maximum atomic E-state index is 3.91. The third kappa shape index (κ3) is 5.45. The molecule has 0 aliphatic heterocycles. The average molecular weight is 265 g/mol. The molecule has 112 valence electrons. The van der Waals surface area contributed by atoms with Gasteiger partial charge in [0.05, 0.1) is 0 Å². The molecule has 2 aliphatic rings. The van der Waals surface area contributed by atoms with E-state index in [2.05, 4.69) is 12.2 Å². The minimum absolute atomic E-state index is 0.834. The van der Waals surface area contributed by atoms with Crippen LogP contribution in [0.4, 0.5) is 0 Å². The van der Waals surface area contributed by atoms with Gasteiger partial charge in [-0.3, -0.25) is 0 Å². The molecule has 0 amide bonds. The molecule has 2 fully saturated rings. The summed E-state index contributed by atoms with van der Waals surface area (Å²) >= 11 is 0. The van der Waals surface area contributed by atoms with Crippen LogP contribution in [0.25, 0.3) is 0 Å². The normalized spacial score (nSPS) is 25.1. The Bertz CT molecular complexity index is 212. The van der Waals surface area contributed by atoms with Gasteiger partial charge < -0.3 is 5.32 Å². The molecule has 19 heavy (non-hydrogen) atoms. The van der Waals surface area contributed by atoms with Gasteiger partial charge in [-0.15, -0.1) is 0 Å². The maximum Gasteiger partial charge on any atom is 0.00979 e. The number of nitrogens with one attached hydrogen (secondary N) is 1. The van der Waals surface area contributed by atoms with Gasteiger partial charge >= 0.3 is 0 Å². The van der Waals surface area contributed by atoms with Gasteiger partial charge in [0.2, 0.25) is 0 Å². The van der Waals surface area contributed by atoms with E-state index in [0.29, 0.717) is 0 Å². The molecule has 1 atom stereocenters. The average Bonchev–Trinajstić information content (AvgIpc) is 2.73. The quantitative estimate of drug-likeness (QED) is 0.643. The smallest absolute Gasteiger partial charge is 0.00979 e. The first-order valence-electron chi connectivity index (χ1n) is 9.13. The second-order valence-corrected chi connectivity index (χ2v) is 7.05. The van der Waals surface area contributed by atoms with E-state index in [1.807, 2.05) is 0 Å². The summed E-state index contributed by atoms with van der Waals surface area (Å²) in [5, 5.41) is 3.91. The fraction of sp³-hybridized carbons (Fsp3) is 1.00. The van der Waals surface area contributed by atoms with E-state index >= 15 is 0 Å². The molecule has 0 aromatic rings. The Morgan fingerprint density at radius 2 is 1.42 bits per heavy atom. The molecule has 2 saturated carbocycles. The van der Waals surface area contributed by atoms with Crippen LogP contribution in [0, 0.1) is 11.8 Å². The van der Waals surface area contributed by atoms with Gasteiger partial charge in [-0.1, -0.05) is 64.7 Å². The first kappa shape index (κ1) is 15.4. The largest absolute Gasteiger partial charge is 0.314 e. The van der Waals surface area contributed by atoms with Crippen molar-refractivity contribution in [1.82, 2.24) is 5.32 Å². The van der Waals surface area contributed by atoms with Crippen LogP contribution in [0.1, 0.15) is 90.4 Å². The van der Waals surface area contributed by atoms with E-state index in [1.165, 1.54) is 90.0 Å². The van der Waals surface area contributed by atoms with Crippen LogP contribution in [-0.4, -0.2) is 12.6 Å². The first-order valence-corrected chi connectivity index (χ1v) is 9.13.